The Hall–Kier alpha value is -0.630. The van der Waals surface area contributed by atoms with Crippen LogP contribution in [-0.2, 0) is 9.47 Å². The molecular weight excluding hydrogens is 204 g/mol. The van der Waals surface area contributed by atoms with Crippen molar-refractivity contribution in [1.29, 1.82) is 5.26 Å². The first-order valence-electron chi connectivity index (χ1n) is 5.70. The van der Waals surface area contributed by atoms with Gasteiger partial charge in [0.05, 0.1) is 18.3 Å². The molecule has 4 heteroatoms. The van der Waals surface area contributed by atoms with Gasteiger partial charge in [-0.05, 0) is 34.1 Å². The zero-order chi connectivity index (χ0) is 12.6. The number of rotatable bonds is 8. The Morgan fingerprint density at radius 1 is 1.38 bits per heavy atom. The van der Waals surface area contributed by atoms with Crippen LogP contribution in [0.3, 0.4) is 0 Å². The second-order valence-electron chi connectivity index (χ2n) is 4.79. The minimum Gasteiger partial charge on any atom is -0.379 e. The number of hydrogen-bond donors (Lipinski definition) is 1. The molecule has 0 saturated carbocycles. The van der Waals surface area contributed by atoms with E-state index in [1.54, 1.807) is 7.11 Å². The summed E-state index contributed by atoms with van der Waals surface area (Å²) in [6.45, 7) is 9.10. The SMILES string of the molecule is COC(C)(C)CCOCC(C#N)NC(C)C. The number of hydrogen-bond acceptors (Lipinski definition) is 4. The van der Waals surface area contributed by atoms with Crippen LogP contribution >= 0.6 is 0 Å². The van der Waals surface area contributed by atoms with Crippen molar-refractivity contribution in [2.75, 3.05) is 20.3 Å². The summed E-state index contributed by atoms with van der Waals surface area (Å²) in [7, 11) is 1.69. The van der Waals surface area contributed by atoms with E-state index in [2.05, 4.69) is 11.4 Å². The van der Waals surface area contributed by atoms with Crippen molar-refractivity contribution in [2.24, 2.45) is 0 Å². The first-order chi connectivity index (χ1) is 7.41. The first kappa shape index (κ1) is 15.4. The Balaban J connectivity index is 3.68. The van der Waals surface area contributed by atoms with Gasteiger partial charge in [0.25, 0.3) is 0 Å². The summed E-state index contributed by atoms with van der Waals surface area (Å²) < 4.78 is 10.7. The van der Waals surface area contributed by atoms with Crippen molar-refractivity contribution in [3.05, 3.63) is 0 Å². The Morgan fingerprint density at radius 3 is 2.44 bits per heavy atom. The monoisotopic (exact) mass is 228 g/mol. The maximum absolute atomic E-state index is 8.86. The molecule has 0 saturated heterocycles. The van der Waals surface area contributed by atoms with Crippen LogP contribution in [-0.4, -0.2) is 38.0 Å². The van der Waals surface area contributed by atoms with Gasteiger partial charge in [-0.15, -0.1) is 0 Å². The molecule has 0 spiro atoms. The molecule has 0 rings (SSSR count). The van der Waals surface area contributed by atoms with Crippen molar-refractivity contribution in [2.45, 2.75) is 51.8 Å². The summed E-state index contributed by atoms with van der Waals surface area (Å²) in [5, 5.41) is 12.0. The van der Waals surface area contributed by atoms with Gasteiger partial charge in [-0.2, -0.15) is 5.26 Å². The van der Waals surface area contributed by atoms with Crippen molar-refractivity contribution in [1.82, 2.24) is 5.32 Å². The maximum atomic E-state index is 8.86. The van der Waals surface area contributed by atoms with Gasteiger partial charge in [0.2, 0.25) is 0 Å². The third-order valence-electron chi connectivity index (χ3n) is 2.38. The largest absolute Gasteiger partial charge is 0.379 e. The van der Waals surface area contributed by atoms with Crippen LogP contribution in [0.1, 0.15) is 34.1 Å². The van der Waals surface area contributed by atoms with Gasteiger partial charge in [-0.1, -0.05) is 0 Å². The molecule has 4 nitrogen and oxygen atoms in total. The molecule has 1 atom stereocenters. The molecule has 0 aromatic rings. The molecule has 0 radical (unpaired) electrons. The number of methoxy groups -OCH3 is 1. The molecule has 16 heavy (non-hydrogen) atoms. The summed E-state index contributed by atoms with van der Waals surface area (Å²) in [5.41, 5.74) is -0.159. The van der Waals surface area contributed by atoms with E-state index in [9.17, 15) is 0 Å². The molecule has 0 aliphatic rings. The fraction of sp³-hybridized carbons (Fsp3) is 0.917. The molecule has 1 unspecified atom stereocenters. The van der Waals surface area contributed by atoms with E-state index >= 15 is 0 Å². The fourth-order valence-electron chi connectivity index (χ4n) is 1.15. The molecule has 1 N–H and O–H groups in total. The molecule has 0 aromatic carbocycles. The molecule has 0 heterocycles. The fourth-order valence-corrected chi connectivity index (χ4v) is 1.15. The smallest absolute Gasteiger partial charge is 0.119 e. The quantitative estimate of drug-likeness (QED) is 0.643. The van der Waals surface area contributed by atoms with E-state index in [0.717, 1.165) is 6.42 Å². The molecule has 94 valence electrons. The van der Waals surface area contributed by atoms with Crippen molar-refractivity contribution >= 4 is 0 Å². The van der Waals surface area contributed by atoms with Gasteiger partial charge in [-0.3, -0.25) is 5.32 Å². The van der Waals surface area contributed by atoms with Gasteiger partial charge in [0.15, 0.2) is 0 Å². The van der Waals surface area contributed by atoms with Crippen LogP contribution in [0.15, 0.2) is 0 Å². The lowest BCUT2D eigenvalue weighted by atomic mass is 10.1. The van der Waals surface area contributed by atoms with E-state index in [1.807, 2.05) is 27.7 Å². The Bertz CT molecular complexity index is 222. The van der Waals surface area contributed by atoms with Crippen LogP contribution in [0.5, 0.6) is 0 Å². The lowest BCUT2D eigenvalue weighted by Gasteiger charge is -2.23. The molecular formula is C12H24N2O2. The van der Waals surface area contributed by atoms with Crippen molar-refractivity contribution in [3.63, 3.8) is 0 Å². The Labute approximate surface area is 98.9 Å². The van der Waals surface area contributed by atoms with Crippen molar-refractivity contribution in [3.8, 4) is 6.07 Å². The van der Waals surface area contributed by atoms with Crippen LogP contribution in [0.4, 0.5) is 0 Å². The number of nitrogens with zero attached hydrogens (tertiary/aromatic N) is 1. The maximum Gasteiger partial charge on any atom is 0.119 e. The third kappa shape index (κ3) is 7.63. The van der Waals surface area contributed by atoms with E-state index in [-0.39, 0.29) is 11.6 Å². The normalized spacial score (nSPS) is 13.8. The van der Waals surface area contributed by atoms with E-state index in [0.29, 0.717) is 19.3 Å². The predicted octanol–water partition coefficient (Wildman–Crippen LogP) is 1.71. The predicted molar refractivity (Wildman–Crippen MR) is 64.2 cm³/mol. The van der Waals surface area contributed by atoms with Crippen LogP contribution in [0.2, 0.25) is 0 Å². The highest BCUT2D eigenvalue weighted by molar-refractivity contribution is 4.90. The number of nitriles is 1. The summed E-state index contributed by atoms with van der Waals surface area (Å²) in [6.07, 6.45) is 0.823. The lowest BCUT2D eigenvalue weighted by Crippen LogP contribution is -2.37. The molecule has 0 fully saturated rings. The Kier molecular flexibility index (Phi) is 7.31. The van der Waals surface area contributed by atoms with E-state index < -0.39 is 0 Å². The summed E-state index contributed by atoms with van der Waals surface area (Å²) in [4.78, 5) is 0. The van der Waals surface area contributed by atoms with Gasteiger partial charge >= 0.3 is 0 Å². The summed E-state index contributed by atoms with van der Waals surface area (Å²) in [6, 6.07) is 2.24. The van der Waals surface area contributed by atoms with Gasteiger partial charge < -0.3 is 9.47 Å². The second kappa shape index (κ2) is 7.61. The zero-order valence-corrected chi connectivity index (χ0v) is 11.0. The van der Waals surface area contributed by atoms with Crippen molar-refractivity contribution < 1.29 is 9.47 Å². The van der Waals surface area contributed by atoms with Gasteiger partial charge in [0.1, 0.15) is 6.04 Å². The zero-order valence-electron chi connectivity index (χ0n) is 11.0. The highest BCUT2D eigenvalue weighted by Crippen LogP contribution is 2.12. The number of ether oxygens (including phenoxy) is 2. The van der Waals surface area contributed by atoms with Gasteiger partial charge in [0, 0.05) is 19.8 Å². The second-order valence-corrected chi connectivity index (χ2v) is 4.79. The highest BCUT2D eigenvalue weighted by atomic mass is 16.5. The van der Waals surface area contributed by atoms with Gasteiger partial charge in [-0.25, -0.2) is 0 Å². The van der Waals surface area contributed by atoms with Crippen LogP contribution < -0.4 is 5.32 Å². The summed E-state index contributed by atoms with van der Waals surface area (Å²) in [5.74, 6) is 0. The molecule has 0 aliphatic heterocycles. The minimum atomic E-state index is -0.231. The van der Waals surface area contributed by atoms with Crippen LogP contribution in [0.25, 0.3) is 0 Å². The topological polar surface area (TPSA) is 54.3 Å². The lowest BCUT2D eigenvalue weighted by molar-refractivity contribution is -0.0110. The molecule has 0 aromatic heterocycles. The van der Waals surface area contributed by atoms with Crippen LogP contribution in [0, 0.1) is 11.3 Å². The van der Waals surface area contributed by atoms with E-state index in [1.165, 1.54) is 0 Å². The highest BCUT2D eigenvalue weighted by Gasteiger charge is 2.16. The number of nitrogens with one attached hydrogen (secondary N) is 1. The molecule has 0 bridgehead atoms. The minimum absolute atomic E-state index is 0.159. The molecule has 0 amide bonds. The molecule has 0 aliphatic carbocycles. The first-order valence-corrected chi connectivity index (χ1v) is 5.70. The standard InChI is InChI=1S/C12H24N2O2/c1-10(2)14-11(8-13)9-16-7-6-12(3,4)15-5/h10-11,14H,6-7,9H2,1-5H3. The Morgan fingerprint density at radius 2 is 2.00 bits per heavy atom. The average molecular weight is 228 g/mol. The third-order valence-corrected chi connectivity index (χ3v) is 2.38. The summed E-state index contributed by atoms with van der Waals surface area (Å²) >= 11 is 0. The average Bonchev–Trinajstić information content (AvgIpc) is 2.22. The van der Waals surface area contributed by atoms with E-state index in [4.69, 9.17) is 14.7 Å².